The first kappa shape index (κ1) is 15.1. The van der Waals surface area contributed by atoms with Crippen molar-refractivity contribution in [3.8, 4) is 5.75 Å². The number of rotatable bonds is 8. The number of anilines is 2. The van der Waals surface area contributed by atoms with Crippen LogP contribution in [0.3, 0.4) is 0 Å². The van der Waals surface area contributed by atoms with Gasteiger partial charge in [0.15, 0.2) is 0 Å². The molecule has 0 aliphatic carbocycles. The zero-order valence-electron chi connectivity index (χ0n) is 12.2. The highest BCUT2D eigenvalue weighted by Crippen LogP contribution is 2.20. The zero-order valence-corrected chi connectivity index (χ0v) is 12.2. The van der Waals surface area contributed by atoms with Gasteiger partial charge in [-0.1, -0.05) is 31.5 Å². The molecule has 0 unspecified atom stereocenters. The van der Waals surface area contributed by atoms with Crippen LogP contribution in [0.15, 0.2) is 36.7 Å². The fourth-order valence-corrected chi connectivity index (χ4v) is 2.03. The van der Waals surface area contributed by atoms with E-state index in [9.17, 15) is 0 Å². The molecule has 0 fully saturated rings. The van der Waals surface area contributed by atoms with Crippen molar-refractivity contribution in [2.24, 2.45) is 5.84 Å². The highest BCUT2D eigenvalue weighted by molar-refractivity contribution is 5.56. The topological polar surface area (TPSA) is 85.1 Å². The van der Waals surface area contributed by atoms with Gasteiger partial charge in [-0.05, 0) is 18.6 Å². The molecule has 0 aliphatic rings. The fraction of sp³-hybridized carbons (Fsp3) is 0.333. The first-order chi connectivity index (χ1) is 10.3. The molecule has 0 spiro atoms. The van der Waals surface area contributed by atoms with E-state index in [1.54, 1.807) is 0 Å². The number of ether oxygens (including phenoxy) is 1. The average molecular weight is 287 g/mol. The maximum absolute atomic E-state index is 5.64. The van der Waals surface area contributed by atoms with E-state index in [1.165, 1.54) is 6.33 Å². The third-order valence-electron chi connectivity index (χ3n) is 2.99. The van der Waals surface area contributed by atoms with Crippen molar-refractivity contribution in [1.82, 2.24) is 9.97 Å². The largest absolute Gasteiger partial charge is 0.492 e. The van der Waals surface area contributed by atoms with E-state index < -0.39 is 0 Å². The summed E-state index contributed by atoms with van der Waals surface area (Å²) in [5.74, 6) is 7.82. The van der Waals surface area contributed by atoms with E-state index in [0.717, 1.165) is 30.0 Å². The first-order valence-electron chi connectivity index (χ1n) is 7.07. The second kappa shape index (κ2) is 8.06. The Balaban J connectivity index is 1.90. The second-order valence-corrected chi connectivity index (χ2v) is 4.53. The molecule has 1 heterocycles. The van der Waals surface area contributed by atoms with E-state index in [1.807, 2.05) is 30.3 Å². The van der Waals surface area contributed by atoms with Gasteiger partial charge in [-0.2, -0.15) is 0 Å². The van der Waals surface area contributed by atoms with E-state index in [-0.39, 0.29) is 0 Å². The van der Waals surface area contributed by atoms with Gasteiger partial charge < -0.3 is 15.5 Å². The number of aromatic nitrogens is 2. The molecule has 6 nitrogen and oxygen atoms in total. The van der Waals surface area contributed by atoms with Crippen molar-refractivity contribution in [3.05, 3.63) is 42.2 Å². The molecule has 4 N–H and O–H groups in total. The summed E-state index contributed by atoms with van der Waals surface area (Å²) in [5.41, 5.74) is 3.62. The monoisotopic (exact) mass is 287 g/mol. The molecule has 0 bridgehead atoms. The van der Waals surface area contributed by atoms with Crippen LogP contribution in [0.2, 0.25) is 0 Å². The minimum Gasteiger partial charge on any atom is -0.492 e. The van der Waals surface area contributed by atoms with Gasteiger partial charge >= 0.3 is 0 Å². The Morgan fingerprint density at radius 3 is 2.62 bits per heavy atom. The van der Waals surface area contributed by atoms with Gasteiger partial charge in [0.2, 0.25) is 0 Å². The molecule has 6 heteroatoms. The smallest absolute Gasteiger partial charge is 0.148 e. The molecule has 0 saturated carbocycles. The molecule has 112 valence electrons. The van der Waals surface area contributed by atoms with Crippen LogP contribution in [0.5, 0.6) is 5.75 Å². The second-order valence-electron chi connectivity index (χ2n) is 4.53. The molecule has 2 aromatic rings. The number of hydrogen-bond donors (Lipinski definition) is 3. The maximum Gasteiger partial charge on any atom is 0.148 e. The van der Waals surface area contributed by atoms with Crippen LogP contribution >= 0.6 is 0 Å². The van der Waals surface area contributed by atoms with Crippen LogP contribution < -0.4 is 21.3 Å². The summed E-state index contributed by atoms with van der Waals surface area (Å²) in [6.45, 7) is 3.33. The Labute approximate surface area is 124 Å². The summed E-state index contributed by atoms with van der Waals surface area (Å²) < 4.78 is 5.64. The van der Waals surface area contributed by atoms with Gasteiger partial charge in [0, 0.05) is 5.56 Å². The van der Waals surface area contributed by atoms with Crippen molar-refractivity contribution in [2.45, 2.75) is 19.8 Å². The summed E-state index contributed by atoms with van der Waals surface area (Å²) in [4.78, 5) is 8.41. The molecular formula is C15H21N5O. The van der Waals surface area contributed by atoms with Crippen LogP contribution in [-0.4, -0.2) is 23.1 Å². The molecular weight excluding hydrogens is 266 g/mol. The van der Waals surface area contributed by atoms with Gasteiger partial charge in [0.25, 0.3) is 0 Å². The van der Waals surface area contributed by atoms with Crippen LogP contribution in [0.1, 0.15) is 18.9 Å². The highest BCUT2D eigenvalue weighted by atomic mass is 16.5. The first-order valence-corrected chi connectivity index (χ1v) is 7.07. The lowest BCUT2D eigenvalue weighted by Crippen LogP contribution is -2.17. The van der Waals surface area contributed by atoms with Gasteiger partial charge in [-0.3, -0.25) is 0 Å². The summed E-state index contributed by atoms with van der Waals surface area (Å²) in [5, 5.41) is 3.27. The van der Waals surface area contributed by atoms with Gasteiger partial charge in [-0.25, -0.2) is 15.8 Å². The molecule has 0 saturated heterocycles. The Morgan fingerprint density at radius 1 is 1.14 bits per heavy atom. The number of nitrogens with two attached hydrogens (primary N) is 1. The third kappa shape index (κ3) is 4.32. The van der Waals surface area contributed by atoms with Crippen LogP contribution in [-0.2, 0) is 6.42 Å². The predicted octanol–water partition coefficient (Wildman–Crippen LogP) is 2.21. The van der Waals surface area contributed by atoms with Crippen molar-refractivity contribution >= 4 is 11.6 Å². The van der Waals surface area contributed by atoms with Crippen LogP contribution in [0.25, 0.3) is 0 Å². The molecule has 0 radical (unpaired) electrons. The molecule has 21 heavy (non-hydrogen) atoms. The van der Waals surface area contributed by atoms with Crippen molar-refractivity contribution < 1.29 is 4.74 Å². The molecule has 0 atom stereocenters. The number of nitrogen functional groups attached to an aromatic ring is 1. The number of nitrogens with zero attached hydrogens (tertiary/aromatic N) is 2. The fourth-order valence-electron chi connectivity index (χ4n) is 2.03. The zero-order chi connectivity index (χ0) is 14.9. The minimum atomic E-state index is 0.560. The van der Waals surface area contributed by atoms with Gasteiger partial charge in [0.05, 0.1) is 6.54 Å². The minimum absolute atomic E-state index is 0.560. The summed E-state index contributed by atoms with van der Waals surface area (Å²) in [6.07, 6.45) is 3.36. The third-order valence-corrected chi connectivity index (χ3v) is 2.99. The standard InChI is InChI=1S/C15H21N5O/c1-2-6-13-14(18-11-19-15(13)20-16)17-9-10-21-12-7-4-3-5-8-12/h3-5,7-8,11H,2,6,9-10,16H2,1H3,(H2,17,18,19,20). The summed E-state index contributed by atoms with van der Waals surface area (Å²) >= 11 is 0. The maximum atomic E-state index is 5.64. The Kier molecular flexibility index (Phi) is 5.78. The number of nitrogens with one attached hydrogen (secondary N) is 2. The Bertz CT molecular complexity index is 547. The van der Waals surface area contributed by atoms with Crippen molar-refractivity contribution in [1.29, 1.82) is 0 Å². The molecule has 1 aromatic carbocycles. The highest BCUT2D eigenvalue weighted by Gasteiger charge is 2.09. The van der Waals surface area contributed by atoms with Gasteiger partial charge in [0.1, 0.15) is 30.3 Å². The van der Waals surface area contributed by atoms with Gasteiger partial charge in [-0.15, -0.1) is 0 Å². The molecule has 0 aliphatic heterocycles. The number of benzene rings is 1. The predicted molar refractivity (Wildman–Crippen MR) is 84.3 cm³/mol. The van der Waals surface area contributed by atoms with Crippen LogP contribution in [0, 0.1) is 0 Å². The molecule has 1 aromatic heterocycles. The summed E-state index contributed by atoms with van der Waals surface area (Å²) in [7, 11) is 0. The average Bonchev–Trinajstić information content (AvgIpc) is 2.54. The van der Waals surface area contributed by atoms with Crippen LogP contribution in [0.4, 0.5) is 11.6 Å². The lowest BCUT2D eigenvalue weighted by Gasteiger charge is -2.13. The van der Waals surface area contributed by atoms with E-state index in [2.05, 4.69) is 27.6 Å². The van der Waals surface area contributed by atoms with E-state index in [0.29, 0.717) is 19.0 Å². The molecule has 0 amide bonds. The number of hydrogen-bond acceptors (Lipinski definition) is 6. The quantitative estimate of drug-likeness (QED) is 0.392. The van der Waals surface area contributed by atoms with E-state index in [4.69, 9.17) is 10.6 Å². The lowest BCUT2D eigenvalue weighted by molar-refractivity contribution is 0.332. The van der Waals surface area contributed by atoms with Crippen molar-refractivity contribution in [3.63, 3.8) is 0 Å². The Morgan fingerprint density at radius 2 is 1.90 bits per heavy atom. The molecule has 2 rings (SSSR count). The van der Waals surface area contributed by atoms with E-state index >= 15 is 0 Å². The van der Waals surface area contributed by atoms with Crippen molar-refractivity contribution in [2.75, 3.05) is 23.9 Å². The summed E-state index contributed by atoms with van der Waals surface area (Å²) in [6, 6.07) is 9.73. The normalized spacial score (nSPS) is 10.2. The SMILES string of the molecule is CCCc1c(NN)ncnc1NCCOc1ccccc1. The number of hydrazine groups is 1. The number of para-hydroxylation sites is 1. The lowest BCUT2D eigenvalue weighted by atomic mass is 10.1. The Hall–Kier alpha value is -2.34.